The molecule has 0 spiro atoms. The number of likely N-dealkylation sites (tertiary alicyclic amines) is 1. The number of primary amides is 1. The molecule has 1 atom stereocenters. The average molecular weight is 529 g/mol. The number of pyridine rings is 1. The minimum absolute atomic E-state index is 0. The first-order chi connectivity index (χ1) is 13.3. The number of amides is 1. The van der Waals surface area contributed by atoms with Crippen molar-refractivity contribution in [3.8, 4) is 5.88 Å². The number of rotatable bonds is 7. The third-order valence-electron chi connectivity index (χ3n) is 4.26. The number of alkyl halides is 3. The zero-order valence-electron chi connectivity index (χ0n) is 16.2. The fourth-order valence-corrected chi connectivity index (χ4v) is 3.12. The van der Waals surface area contributed by atoms with Crippen LogP contribution in [-0.4, -0.2) is 54.2 Å². The fraction of sp³-hybridized carbons (Fsp3) is 0.611. The lowest BCUT2D eigenvalue weighted by Gasteiger charge is -2.34. The summed E-state index contributed by atoms with van der Waals surface area (Å²) in [5.41, 5.74) is 5.78. The predicted molar refractivity (Wildman–Crippen MR) is 114 cm³/mol. The molecule has 11 heteroatoms. The van der Waals surface area contributed by atoms with Crippen LogP contribution in [0, 0.1) is 5.92 Å². The summed E-state index contributed by atoms with van der Waals surface area (Å²) >= 11 is 0. The highest BCUT2D eigenvalue weighted by Crippen LogP contribution is 2.22. The number of hydrogen-bond donors (Lipinski definition) is 2. The third kappa shape index (κ3) is 9.05. The molecule has 1 amide bonds. The summed E-state index contributed by atoms with van der Waals surface area (Å²) in [6.45, 7) is 2.73. The van der Waals surface area contributed by atoms with Gasteiger partial charge in [0.25, 0.3) is 0 Å². The van der Waals surface area contributed by atoms with Crippen LogP contribution in [0.25, 0.3) is 0 Å². The Morgan fingerprint density at radius 3 is 2.90 bits per heavy atom. The average Bonchev–Trinajstić information content (AvgIpc) is 2.63. The van der Waals surface area contributed by atoms with Crippen LogP contribution in [0.2, 0.25) is 0 Å². The Kier molecular flexibility index (Phi) is 10.5. The van der Waals surface area contributed by atoms with Crippen molar-refractivity contribution in [3.63, 3.8) is 0 Å². The molecule has 2 rings (SSSR count). The minimum atomic E-state index is -4.43. The van der Waals surface area contributed by atoms with Crippen molar-refractivity contribution in [1.29, 1.82) is 0 Å². The maximum absolute atomic E-state index is 12.4. The van der Waals surface area contributed by atoms with Gasteiger partial charge >= 0.3 is 6.18 Å². The molecule has 1 unspecified atom stereocenters. The van der Waals surface area contributed by atoms with Crippen LogP contribution < -0.4 is 15.8 Å². The molecular weight excluding hydrogens is 502 g/mol. The molecule has 3 N–H and O–H groups in total. The smallest absolute Gasteiger partial charge is 0.422 e. The Morgan fingerprint density at radius 2 is 2.24 bits per heavy atom. The van der Waals surface area contributed by atoms with E-state index in [1.807, 2.05) is 11.8 Å². The van der Waals surface area contributed by atoms with E-state index in [9.17, 15) is 18.0 Å². The van der Waals surface area contributed by atoms with E-state index in [1.165, 1.54) is 6.20 Å². The van der Waals surface area contributed by atoms with Gasteiger partial charge in [-0.05, 0) is 31.7 Å². The first-order valence-corrected chi connectivity index (χ1v) is 9.23. The quantitative estimate of drug-likeness (QED) is 0.322. The van der Waals surface area contributed by atoms with Crippen molar-refractivity contribution in [2.75, 3.05) is 26.2 Å². The lowest BCUT2D eigenvalue weighted by molar-refractivity contribution is -0.154. The predicted octanol–water partition coefficient (Wildman–Crippen LogP) is 2.69. The second-order valence-electron chi connectivity index (χ2n) is 6.67. The van der Waals surface area contributed by atoms with Gasteiger partial charge in [-0.15, -0.1) is 24.0 Å². The molecule has 1 aliphatic rings. The largest absolute Gasteiger partial charge is 0.468 e. The number of carbonyl (C=O) groups excluding carboxylic acids is 1. The van der Waals surface area contributed by atoms with E-state index < -0.39 is 12.8 Å². The van der Waals surface area contributed by atoms with Crippen LogP contribution in [0.1, 0.15) is 31.7 Å². The molecule has 164 valence electrons. The molecule has 2 heterocycles. The summed E-state index contributed by atoms with van der Waals surface area (Å²) in [4.78, 5) is 21.7. The molecule has 0 aromatic carbocycles. The van der Waals surface area contributed by atoms with Gasteiger partial charge in [0.05, 0.1) is 6.54 Å². The number of hydrogen-bond acceptors (Lipinski definition) is 4. The van der Waals surface area contributed by atoms with E-state index in [0.717, 1.165) is 19.4 Å². The first-order valence-electron chi connectivity index (χ1n) is 9.23. The molecule has 7 nitrogen and oxygen atoms in total. The number of piperidine rings is 1. The lowest BCUT2D eigenvalue weighted by atomic mass is 9.95. The van der Waals surface area contributed by atoms with E-state index in [-0.39, 0.29) is 48.2 Å². The highest BCUT2D eigenvalue weighted by Gasteiger charge is 2.29. The van der Waals surface area contributed by atoms with Crippen LogP contribution in [0.5, 0.6) is 5.88 Å². The van der Waals surface area contributed by atoms with Crippen LogP contribution in [0.3, 0.4) is 0 Å². The summed E-state index contributed by atoms with van der Waals surface area (Å²) in [5, 5.41) is 3.19. The number of halogens is 4. The molecule has 1 saturated heterocycles. The van der Waals surface area contributed by atoms with Crippen molar-refractivity contribution in [2.24, 2.45) is 16.6 Å². The van der Waals surface area contributed by atoms with Gasteiger partial charge < -0.3 is 20.7 Å². The Morgan fingerprint density at radius 1 is 1.48 bits per heavy atom. The van der Waals surface area contributed by atoms with E-state index in [4.69, 9.17) is 10.5 Å². The number of aromatic nitrogens is 1. The van der Waals surface area contributed by atoms with Gasteiger partial charge in [0.15, 0.2) is 12.6 Å². The SMILES string of the molecule is CCNC(=NCc1cccnc1OCC(F)(F)F)N1CCCC(CC(N)=O)C1.I. The van der Waals surface area contributed by atoms with E-state index in [1.54, 1.807) is 12.1 Å². The first kappa shape index (κ1) is 25.2. The van der Waals surface area contributed by atoms with Gasteiger partial charge in [-0.3, -0.25) is 4.79 Å². The van der Waals surface area contributed by atoms with Crippen molar-refractivity contribution < 1.29 is 22.7 Å². The number of nitrogens with one attached hydrogen (secondary N) is 1. The summed E-state index contributed by atoms with van der Waals surface area (Å²) in [6.07, 6.45) is -0.889. The van der Waals surface area contributed by atoms with Gasteiger partial charge in [0.1, 0.15) is 0 Å². The van der Waals surface area contributed by atoms with Crippen LogP contribution in [-0.2, 0) is 11.3 Å². The maximum Gasteiger partial charge on any atom is 0.422 e. The van der Waals surface area contributed by atoms with E-state index >= 15 is 0 Å². The Hall–Kier alpha value is -1.79. The molecule has 0 bridgehead atoms. The zero-order valence-corrected chi connectivity index (χ0v) is 18.6. The summed E-state index contributed by atoms with van der Waals surface area (Å²) < 4.78 is 42.1. The van der Waals surface area contributed by atoms with E-state index in [2.05, 4.69) is 15.3 Å². The number of carbonyl (C=O) groups is 1. The number of aliphatic imine (C=N–C) groups is 1. The topological polar surface area (TPSA) is 92.8 Å². The Balaban J connectivity index is 0.00000420. The van der Waals surface area contributed by atoms with Crippen molar-refractivity contribution in [2.45, 2.75) is 38.9 Å². The molecule has 1 aromatic heterocycles. The summed E-state index contributed by atoms with van der Waals surface area (Å²) in [7, 11) is 0. The molecular formula is C18H27F3IN5O2. The lowest BCUT2D eigenvalue weighted by Crippen LogP contribution is -2.47. The number of nitrogens with zero attached hydrogens (tertiary/aromatic N) is 3. The monoisotopic (exact) mass is 529 g/mol. The third-order valence-corrected chi connectivity index (χ3v) is 4.26. The number of ether oxygens (including phenoxy) is 1. The van der Waals surface area contributed by atoms with Crippen molar-refractivity contribution in [3.05, 3.63) is 23.9 Å². The Bertz CT molecular complexity index is 688. The molecule has 0 aliphatic carbocycles. The molecule has 1 aliphatic heterocycles. The standard InChI is InChI=1S/C18H26F3N5O2.HI/c1-2-23-17(26-8-4-5-13(11-26)9-15(22)27)25-10-14-6-3-7-24-16(14)28-12-18(19,20)21;/h3,6-7,13H,2,4-5,8-12H2,1H3,(H2,22,27)(H,23,25);1H. The highest BCUT2D eigenvalue weighted by molar-refractivity contribution is 14.0. The van der Waals surface area contributed by atoms with Gasteiger partial charge in [0.2, 0.25) is 11.8 Å². The second-order valence-corrected chi connectivity index (χ2v) is 6.67. The van der Waals surface area contributed by atoms with Crippen LogP contribution >= 0.6 is 24.0 Å². The van der Waals surface area contributed by atoms with Crippen molar-refractivity contribution in [1.82, 2.24) is 15.2 Å². The maximum atomic E-state index is 12.4. The second kappa shape index (κ2) is 12.0. The Labute approximate surface area is 185 Å². The van der Waals surface area contributed by atoms with Crippen LogP contribution in [0.4, 0.5) is 13.2 Å². The molecule has 0 radical (unpaired) electrons. The normalized spacial score (nSPS) is 17.4. The molecule has 1 fully saturated rings. The summed E-state index contributed by atoms with van der Waals surface area (Å²) in [6, 6.07) is 3.26. The minimum Gasteiger partial charge on any atom is -0.468 e. The van der Waals surface area contributed by atoms with Gasteiger partial charge in [0, 0.05) is 37.8 Å². The van der Waals surface area contributed by atoms with Gasteiger partial charge in [-0.1, -0.05) is 6.07 Å². The molecule has 29 heavy (non-hydrogen) atoms. The molecule has 0 saturated carbocycles. The molecule has 1 aromatic rings. The van der Waals surface area contributed by atoms with Crippen molar-refractivity contribution >= 4 is 35.8 Å². The van der Waals surface area contributed by atoms with Crippen LogP contribution in [0.15, 0.2) is 23.3 Å². The number of guanidine groups is 1. The number of nitrogens with two attached hydrogens (primary N) is 1. The highest BCUT2D eigenvalue weighted by atomic mass is 127. The fourth-order valence-electron chi connectivity index (χ4n) is 3.12. The summed E-state index contributed by atoms with van der Waals surface area (Å²) in [5.74, 6) is 0.404. The zero-order chi connectivity index (χ0) is 20.6. The van der Waals surface area contributed by atoms with Gasteiger partial charge in [-0.2, -0.15) is 13.2 Å². The van der Waals surface area contributed by atoms with Gasteiger partial charge in [-0.25, -0.2) is 9.98 Å². The van der Waals surface area contributed by atoms with E-state index in [0.29, 0.717) is 31.0 Å².